The van der Waals surface area contributed by atoms with E-state index in [0.717, 1.165) is 11.8 Å². The number of thioether (sulfide) groups is 1. The minimum atomic E-state index is 0.632. The molecule has 0 heterocycles. The van der Waals surface area contributed by atoms with Gasteiger partial charge in [-0.1, -0.05) is 36.5 Å². The Morgan fingerprint density at radius 2 is 1.94 bits per heavy atom. The fourth-order valence-electron chi connectivity index (χ4n) is 2.54. The normalized spacial score (nSPS) is 23.5. The van der Waals surface area contributed by atoms with Crippen molar-refractivity contribution in [3.63, 3.8) is 0 Å². The minimum Gasteiger partial charge on any atom is -0.309 e. The van der Waals surface area contributed by atoms with E-state index in [4.69, 9.17) is 23.2 Å². The van der Waals surface area contributed by atoms with Crippen LogP contribution in [0.3, 0.4) is 0 Å². The molecule has 0 amide bonds. The SMILES string of the molecule is CCSC1CCCC1NCc1cc(Cl)cc(Cl)c1. The summed E-state index contributed by atoms with van der Waals surface area (Å²) < 4.78 is 0. The van der Waals surface area contributed by atoms with Crippen LogP contribution < -0.4 is 5.32 Å². The Bertz CT molecular complexity index is 377. The van der Waals surface area contributed by atoms with Gasteiger partial charge in [0, 0.05) is 27.9 Å². The molecule has 0 aromatic heterocycles. The lowest BCUT2D eigenvalue weighted by Crippen LogP contribution is -2.33. The van der Waals surface area contributed by atoms with Gasteiger partial charge in [0.25, 0.3) is 0 Å². The second kappa shape index (κ2) is 7.04. The van der Waals surface area contributed by atoms with Gasteiger partial charge >= 0.3 is 0 Å². The third kappa shape index (κ3) is 4.06. The van der Waals surface area contributed by atoms with Gasteiger partial charge in [-0.3, -0.25) is 0 Å². The zero-order valence-corrected chi connectivity index (χ0v) is 12.9. The summed E-state index contributed by atoms with van der Waals surface area (Å²) in [5.74, 6) is 1.20. The zero-order chi connectivity index (χ0) is 13.0. The number of nitrogens with one attached hydrogen (secondary N) is 1. The van der Waals surface area contributed by atoms with Crippen LogP contribution in [-0.2, 0) is 6.54 Å². The van der Waals surface area contributed by atoms with Crippen molar-refractivity contribution >= 4 is 35.0 Å². The first-order chi connectivity index (χ1) is 8.69. The van der Waals surface area contributed by atoms with Crippen LogP contribution in [0.1, 0.15) is 31.7 Å². The highest BCUT2D eigenvalue weighted by Gasteiger charge is 2.26. The molecule has 1 aromatic carbocycles. The summed E-state index contributed by atoms with van der Waals surface area (Å²) in [5, 5.41) is 5.84. The highest BCUT2D eigenvalue weighted by atomic mass is 35.5. The van der Waals surface area contributed by atoms with Crippen molar-refractivity contribution in [2.45, 2.75) is 44.0 Å². The third-order valence-electron chi connectivity index (χ3n) is 3.32. The molecular weight excluding hydrogens is 285 g/mol. The monoisotopic (exact) mass is 303 g/mol. The van der Waals surface area contributed by atoms with Crippen LogP contribution in [0.25, 0.3) is 0 Å². The van der Waals surface area contributed by atoms with Gasteiger partial charge in [0.2, 0.25) is 0 Å². The maximum absolute atomic E-state index is 6.01. The van der Waals surface area contributed by atoms with Gasteiger partial charge in [0.05, 0.1) is 0 Å². The van der Waals surface area contributed by atoms with E-state index in [-0.39, 0.29) is 0 Å². The first-order valence-corrected chi connectivity index (χ1v) is 8.29. The number of halogens is 2. The van der Waals surface area contributed by atoms with Gasteiger partial charge in [-0.15, -0.1) is 0 Å². The van der Waals surface area contributed by atoms with E-state index in [1.807, 2.05) is 12.1 Å². The highest BCUT2D eigenvalue weighted by molar-refractivity contribution is 7.99. The van der Waals surface area contributed by atoms with E-state index in [2.05, 4.69) is 24.0 Å². The molecule has 1 aromatic rings. The zero-order valence-electron chi connectivity index (χ0n) is 10.6. The summed E-state index contributed by atoms with van der Waals surface area (Å²) in [6.45, 7) is 3.09. The molecule has 2 unspecified atom stereocenters. The molecule has 0 spiro atoms. The molecular formula is C14H19Cl2NS. The van der Waals surface area contributed by atoms with Crippen LogP contribution in [0.2, 0.25) is 10.0 Å². The molecule has 1 saturated carbocycles. The Labute approximate surface area is 124 Å². The van der Waals surface area contributed by atoms with Gasteiger partial charge in [0.15, 0.2) is 0 Å². The van der Waals surface area contributed by atoms with Crippen molar-refractivity contribution in [1.29, 1.82) is 0 Å². The lowest BCUT2D eigenvalue weighted by molar-refractivity contribution is 0.532. The Hall–Kier alpha value is 0.110. The molecule has 0 saturated heterocycles. The predicted molar refractivity (Wildman–Crippen MR) is 82.9 cm³/mol. The van der Waals surface area contributed by atoms with Crippen molar-refractivity contribution in [3.05, 3.63) is 33.8 Å². The van der Waals surface area contributed by atoms with Crippen LogP contribution in [0, 0.1) is 0 Å². The van der Waals surface area contributed by atoms with Crippen LogP contribution in [0.15, 0.2) is 18.2 Å². The molecule has 1 nitrogen and oxygen atoms in total. The largest absolute Gasteiger partial charge is 0.309 e. The van der Waals surface area contributed by atoms with Gasteiger partial charge in [-0.25, -0.2) is 0 Å². The number of hydrogen-bond acceptors (Lipinski definition) is 2. The van der Waals surface area contributed by atoms with E-state index in [9.17, 15) is 0 Å². The molecule has 1 aliphatic carbocycles. The minimum absolute atomic E-state index is 0.632. The maximum atomic E-state index is 6.01. The van der Waals surface area contributed by atoms with Crippen molar-refractivity contribution in [3.8, 4) is 0 Å². The highest BCUT2D eigenvalue weighted by Crippen LogP contribution is 2.30. The van der Waals surface area contributed by atoms with Gasteiger partial charge in [0.1, 0.15) is 0 Å². The van der Waals surface area contributed by atoms with Crippen molar-refractivity contribution < 1.29 is 0 Å². The summed E-state index contributed by atoms with van der Waals surface area (Å²) in [6.07, 6.45) is 3.96. The average molecular weight is 304 g/mol. The Morgan fingerprint density at radius 1 is 1.22 bits per heavy atom. The molecule has 2 rings (SSSR count). The van der Waals surface area contributed by atoms with Gasteiger partial charge < -0.3 is 5.32 Å². The van der Waals surface area contributed by atoms with Crippen molar-refractivity contribution in [1.82, 2.24) is 5.32 Å². The summed E-state index contributed by atoms with van der Waals surface area (Å²) >= 11 is 14.1. The van der Waals surface area contributed by atoms with E-state index in [0.29, 0.717) is 16.1 Å². The van der Waals surface area contributed by atoms with E-state index < -0.39 is 0 Å². The number of rotatable bonds is 5. The third-order valence-corrected chi connectivity index (χ3v) is 5.09. The molecule has 100 valence electrons. The molecule has 18 heavy (non-hydrogen) atoms. The predicted octanol–water partition coefficient (Wildman–Crippen LogP) is 4.76. The Kier molecular flexibility index (Phi) is 5.68. The summed E-state index contributed by atoms with van der Waals surface area (Å²) in [5.41, 5.74) is 1.17. The molecule has 0 bridgehead atoms. The van der Waals surface area contributed by atoms with E-state index >= 15 is 0 Å². The smallest absolute Gasteiger partial charge is 0.0424 e. The summed E-state index contributed by atoms with van der Waals surface area (Å²) in [7, 11) is 0. The lowest BCUT2D eigenvalue weighted by atomic mass is 10.2. The summed E-state index contributed by atoms with van der Waals surface area (Å²) in [6, 6.07) is 6.37. The quantitative estimate of drug-likeness (QED) is 0.842. The number of benzene rings is 1. The lowest BCUT2D eigenvalue weighted by Gasteiger charge is -2.20. The fraction of sp³-hybridized carbons (Fsp3) is 0.571. The second-order valence-electron chi connectivity index (χ2n) is 4.69. The molecule has 0 aliphatic heterocycles. The average Bonchev–Trinajstić information content (AvgIpc) is 2.73. The van der Waals surface area contributed by atoms with Gasteiger partial charge in [-0.2, -0.15) is 11.8 Å². The molecule has 2 atom stereocenters. The molecule has 4 heteroatoms. The van der Waals surface area contributed by atoms with Crippen LogP contribution in [0.4, 0.5) is 0 Å². The van der Waals surface area contributed by atoms with Crippen LogP contribution in [0.5, 0.6) is 0 Å². The fourth-order valence-corrected chi connectivity index (χ4v) is 4.33. The van der Waals surface area contributed by atoms with E-state index in [1.54, 1.807) is 6.07 Å². The topological polar surface area (TPSA) is 12.0 Å². The molecule has 1 fully saturated rings. The van der Waals surface area contributed by atoms with Crippen LogP contribution >= 0.6 is 35.0 Å². The molecule has 1 aliphatic rings. The Balaban J connectivity index is 1.90. The van der Waals surface area contributed by atoms with Crippen LogP contribution in [-0.4, -0.2) is 17.0 Å². The first-order valence-electron chi connectivity index (χ1n) is 6.49. The summed E-state index contributed by atoms with van der Waals surface area (Å²) in [4.78, 5) is 0. The first kappa shape index (κ1) is 14.5. The Morgan fingerprint density at radius 3 is 2.61 bits per heavy atom. The standard InChI is InChI=1S/C14H19Cl2NS/c1-2-18-14-5-3-4-13(14)17-9-10-6-11(15)8-12(16)7-10/h6-8,13-14,17H,2-5,9H2,1H3. The van der Waals surface area contributed by atoms with E-state index in [1.165, 1.54) is 30.6 Å². The maximum Gasteiger partial charge on any atom is 0.0424 e. The van der Waals surface area contributed by atoms with Crippen molar-refractivity contribution in [2.75, 3.05) is 5.75 Å². The molecule has 1 N–H and O–H groups in total. The van der Waals surface area contributed by atoms with Crippen molar-refractivity contribution in [2.24, 2.45) is 0 Å². The van der Waals surface area contributed by atoms with Gasteiger partial charge in [-0.05, 0) is 42.4 Å². The second-order valence-corrected chi connectivity index (χ2v) is 7.08. The molecule has 0 radical (unpaired) electrons. The number of hydrogen-bond donors (Lipinski definition) is 1.